The maximum absolute atomic E-state index is 5.94. The first-order valence-corrected chi connectivity index (χ1v) is 8.15. The van der Waals surface area contributed by atoms with Gasteiger partial charge in [-0.05, 0) is 26.8 Å². The highest BCUT2D eigenvalue weighted by molar-refractivity contribution is 6.60. The molecule has 1 aliphatic rings. The third-order valence-corrected chi connectivity index (χ3v) is 6.04. The lowest BCUT2D eigenvalue weighted by molar-refractivity contribution is 0.0459. The van der Waals surface area contributed by atoms with E-state index < -0.39 is 8.80 Å². The van der Waals surface area contributed by atoms with Gasteiger partial charge in [-0.15, -0.1) is 0 Å². The number of nitrogens with zero attached hydrogens (tertiary/aromatic N) is 1. The van der Waals surface area contributed by atoms with E-state index in [1.807, 2.05) is 13.8 Å². The molecule has 1 heterocycles. The quantitative estimate of drug-likeness (QED) is 0.706. The van der Waals surface area contributed by atoms with E-state index in [9.17, 15) is 0 Å². The zero-order valence-corrected chi connectivity index (χ0v) is 12.0. The van der Waals surface area contributed by atoms with Gasteiger partial charge in [0.25, 0.3) is 0 Å². The van der Waals surface area contributed by atoms with Crippen LogP contribution in [0.4, 0.5) is 0 Å². The Kier molecular flexibility index (Phi) is 5.92. The third kappa shape index (κ3) is 4.14. The Morgan fingerprint density at radius 3 is 2.50 bits per heavy atom. The van der Waals surface area contributed by atoms with E-state index >= 15 is 0 Å². The van der Waals surface area contributed by atoms with Crippen molar-refractivity contribution in [2.45, 2.75) is 26.8 Å². The van der Waals surface area contributed by atoms with E-state index in [-0.39, 0.29) is 0 Å². The fraction of sp³-hybridized carbons (Fsp3) is 1.00. The topological polar surface area (TPSA) is 30.9 Å². The van der Waals surface area contributed by atoms with Gasteiger partial charge < -0.3 is 18.2 Å². The van der Waals surface area contributed by atoms with Crippen LogP contribution in [-0.2, 0) is 13.3 Å². The molecule has 0 aromatic carbocycles. The van der Waals surface area contributed by atoms with Gasteiger partial charge in [-0.1, -0.05) is 6.92 Å². The van der Waals surface area contributed by atoms with Crippen molar-refractivity contribution in [3.63, 3.8) is 0 Å². The summed E-state index contributed by atoms with van der Waals surface area (Å²) in [6, 6.07) is 0.930. The maximum atomic E-state index is 5.94. The van der Waals surface area contributed by atoms with Crippen LogP contribution in [0.3, 0.4) is 0 Å². The van der Waals surface area contributed by atoms with Crippen molar-refractivity contribution in [3.05, 3.63) is 0 Å². The van der Waals surface area contributed by atoms with Gasteiger partial charge >= 0.3 is 8.80 Å². The molecule has 0 radical (unpaired) electrons. The lowest BCUT2D eigenvalue weighted by atomic mass is 10.2. The summed E-state index contributed by atoms with van der Waals surface area (Å²) in [5.74, 6) is 0.565. The van der Waals surface area contributed by atoms with E-state index in [4.69, 9.17) is 13.3 Å². The molecule has 0 spiro atoms. The van der Waals surface area contributed by atoms with E-state index in [0.29, 0.717) is 19.1 Å². The summed E-state index contributed by atoms with van der Waals surface area (Å²) in [5, 5.41) is 0. The largest absolute Gasteiger partial charge is 0.501 e. The van der Waals surface area contributed by atoms with Crippen molar-refractivity contribution < 1.29 is 13.3 Å². The molecule has 1 unspecified atom stereocenters. The fourth-order valence-corrected chi connectivity index (χ4v) is 5.08. The van der Waals surface area contributed by atoms with Gasteiger partial charge in [0.15, 0.2) is 0 Å². The Hall–Kier alpha value is 0.0569. The van der Waals surface area contributed by atoms with Gasteiger partial charge in [-0.3, -0.25) is 0 Å². The van der Waals surface area contributed by atoms with Crippen LogP contribution in [0.5, 0.6) is 0 Å². The predicted octanol–water partition coefficient (Wildman–Crippen LogP) is 1.60. The molecular formula is C11H25NO3Si. The highest BCUT2D eigenvalue weighted by Crippen LogP contribution is 2.23. The smallest absolute Gasteiger partial charge is 0.374 e. The molecular weight excluding hydrogens is 222 g/mol. The number of hydrogen-bond acceptors (Lipinski definition) is 4. The summed E-state index contributed by atoms with van der Waals surface area (Å²) in [7, 11) is -0.250. The SMILES string of the molecule is CCO[Si]1(OCC)CC(C)CN(C)CCO1. The lowest BCUT2D eigenvalue weighted by Gasteiger charge is -2.35. The average molecular weight is 247 g/mol. The fourth-order valence-electron chi connectivity index (χ4n) is 2.21. The Balaban J connectivity index is 2.65. The average Bonchev–Trinajstić information content (AvgIpc) is 2.15. The summed E-state index contributed by atoms with van der Waals surface area (Å²) >= 11 is 0. The first-order valence-electron chi connectivity index (χ1n) is 6.22. The van der Waals surface area contributed by atoms with E-state index in [1.54, 1.807) is 0 Å². The minimum absolute atomic E-state index is 0.565. The summed E-state index contributed by atoms with van der Waals surface area (Å²) < 4.78 is 17.6. The molecule has 4 nitrogen and oxygen atoms in total. The molecule has 1 aliphatic heterocycles. The highest BCUT2D eigenvalue weighted by atomic mass is 28.4. The molecule has 0 amide bonds. The maximum Gasteiger partial charge on any atom is 0.501 e. The van der Waals surface area contributed by atoms with Crippen molar-refractivity contribution in [1.29, 1.82) is 0 Å². The van der Waals surface area contributed by atoms with Gasteiger partial charge in [-0.25, -0.2) is 0 Å². The van der Waals surface area contributed by atoms with Gasteiger partial charge in [0.05, 0.1) is 6.61 Å². The second kappa shape index (κ2) is 6.71. The molecule has 1 rings (SSSR count). The van der Waals surface area contributed by atoms with Crippen molar-refractivity contribution in [3.8, 4) is 0 Å². The van der Waals surface area contributed by atoms with Gasteiger partial charge in [0.1, 0.15) is 0 Å². The minimum atomic E-state index is -2.38. The van der Waals surface area contributed by atoms with Gasteiger partial charge in [0.2, 0.25) is 0 Å². The molecule has 1 fully saturated rings. The van der Waals surface area contributed by atoms with E-state index in [0.717, 1.165) is 25.7 Å². The van der Waals surface area contributed by atoms with Crippen LogP contribution in [0, 0.1) is 5.92 Å². The van der Waals surface area contributed by atoms with Crippen LogP contribution in [0.1, 0.15) is 20.8 Å². The Morgan fingerprint density at radius 2 is 1.94 bits per heavy atom. The normalized spacial score (nSPS) is 27.4. The van der Waals surface area contributed by atoms with Crippen molar-refractivity contribution in [2.75, 3.05) is 40.0 Å². The van der Waals surface area contributed by atoms with E-state index in [1.165, 1.54) is 0 Å². The van der Waals surface area contributed by atoms with Gasteiger partial charge in [0, 0.05) is 32.3 Å². The summed E-state index contributed by atoms with van der Waals surface area (Å²) in [4.78, 5) is 2.31. The van der Waals surface area contributed by atoms with Gasteiger partial charge in [-0.2, -0.15) is 0 Å². The number of rotatable bonds is 4. The number of hydrogen-bond donors (Lipinski definition) is 0. The summed E-state index contributed by atoms with van der Waals surface area (Å²) in [6.45, 7) is 10.4. The Bertz CT molecular complexity index is 198. The Labute approximate surface area is 100 Å². The highest BCUT2D eigenvalue weighted by Gasteiger charge is 2.43. The van der Waals surface area contributed by atoms with E-state index in [2.05, 4.69) is 18.9 Å². The molecule has 0 saturated carbocycles. The lowest BCUT2D eigenvalue weighted by Crippen LogP contribution is -2.51. The van der Waals surface area contributed by atoms with Crippen molar-refractivity contribution in [2.24, 2.45) is 5.92 Å². The molecule has 16 heavy (non-hydrogen) atoms. The van der Waals surface area contributed by atoms with Crippen LogP contribution >= 0.6 is 0 Å². The second-order valence-corrected chi connectivity index (χ2v) is 7.11. The van der Waals surface area contributed by atoms with Crippen LogP contribution in [0.2, 0.25) is 6.04 Å². The molecule has 0 aromatic heterocycles. The van der Waals surface area contributed by atoms with Crippen LogP contribution in [0.15, 0.2) is 0 Å². The zero-order valence-electron chi connectivity index (χ0n) is 11.0. The number of likely N-dealkylation sites (N-methyl/N-ethyl adjacent to an activating group) is 1. The zero-order chi connectivity index (χ0) is 12.0. The first-order chi connectivity index (χ1) is 7.62. The molecule has 5 heteroatoms. The molecule has 1 saturated heterocycles. The first kappa shape index (κ1) is 14.1. The minimum Gasteiger partial charge on any atom is -0.374 e. The standard InChI is InChI=1S/C11H25NO3Si/c1-5-13-16(14-6-2)10-11(3)9-12(4)7-8-15-16/h11H,5-10H2,1-4H3. The van der Waals surface area contributed by atoms with Crippen molar-refractivity contribution >= 4 is 8.80 Å². The molecule has 0 aliphatic carbocycles. The van der Waals surface area contributed by atoms with Crippen molar-refractivity contribution in [1.82, 2.24) is 4.90 Å². The molecule has 96 valence electrons. The van der Waals surface area contributed by atoms with Crippen LogP contribution in [0.25, 0.3) is 0 Å². The Morgan fingerprint density at radius 1 is 1.31 bits per heavy atom. The monoisotopic (exact) mass is 247 g/mol. The summed E-state index contributed by atoms with van der Waals surface area (Å²) in [6.07, 6.45) is 0. The molecule has 0 bridgehead atoms. The van der Waals surface area contributed by atoms with Crippen LogP contribution < -0.4 is 0 Å². The molecule has 0 aromatic rings. The molecule has 1 atom stereocenters. The predicted molar refractivity (Wildman–Crippen MR) is 66.4 cm³/mol. The molecule has 0 N–H and O–H groups in total. The summed E-state index contributed by atoms with van der Waals surface area (Å²) in [5.41, 5.74) is 0. The third-order valence-electron chi connectivity index (χ3n) is 2.75. The van der Waals surface area contributed by atoms with Crippen LogP contribution in [-0.4, -0.2) is 53.7 Å². The second-order valence-electron chi connectivity index (χ2n) is 4.47.